The summed E-state index contributed by atoms with van der Waals surface area (Å²) >= 11 is 0. The zero-order chi connectivity index (χ0) is 11.8. The summed E-state index contributed by atoms with van der Waals surface area (Å²) in [5, 5.41) is 17.7. The van der Waals surface area contributed by atoms with Crippen molar-refractivity contribution in [2.45, 2.75) is 32.8 Å². The van der Waals surface area contributed by atoms with E-state index >= 15 is 0 Å². The van der Waals surface area contributed by atoms with E-state index < -0.39 is 12.9 Å². The van der Waals surface area contributed by atoms with Crippen molar-refractivity contribution in [1.82, 2.24) is 0 Å². The fourth-order valence-electron chi connectivity index (χ4n) is 2.20. The van der Waals surface area contributed by atoms with Gasteiger partial charge in [0.05, 0.1) is 0 Å². The molecule has 0 aliphatic heterocycles. The second kappa shape index (κ2) is 4.08. The van der Waals surface area contributed by atoms with Gasteiger partial charge in [0.2, 0.25) is 0 Å². The first kappa shape index (κ1) is 12.4. The Morgan fingerprint density at radius 1 is 1.53 bits per heavy atom. The molecule has 0 aromatic carbocycles. The molecule has 1 aliphatic carbocycles. The molecule has 2 N–H and O–H groups in total. The van der Waals surface area contributed by atoms with Gasteiger partial charge in [-0.05, 0) is 30.8 Å². The lowest BCUT2D eigenvalue weighted by Gasteiger charge is -2.51. The monoisotopic (exact) mass is 212 g/mol. The molecular formula is C10H17BO4. The zero-order valence-corrected chi connectivity index (χ0v) is 9.36. The van der Waals surface area contributed by atoms with Crippen molar-refractivity contribution in [3.05, 3.63) is 12.2 Å². The van der Waals surface area contributed by atoms with E-state index in [1.807, 2.05) is 13.8 Å². The summed E-state index contributed by atoms with van der Waals surface area (Å²) < 4.78 is 4.98. The molecule has 15 heavy (non-hydrogen) atoms. The molecular weight excluding hydrogens is 195 g/mol. The van der Waals surface area contributed by atoms with Gasteiger partial charge < -0.3 is 14.7 Å². The summed E-state index contributed by atoms with van der Waals surface area (Å²) in [7, 11) is -1.91. The molecule has 0 amide bonds. The molecule has 1 fully saturated rings. The summed E-state index contributed by atoms with van der Waals surface area (Å²) in [5.41, 5.74) is -0.700. The van der Waals surface area contributed by atoms with Crippen molar-refractivity contribution in [1.29, 1.82) is 0 Å². The van der Waals surface area contributed by atoms with Crippen LogP contribution in [0.5, 0.6) is 0 Å². The van der Waals surface area contributed by atoms with Crippen LogP contribution in [-0.4, -0.2) is 28.8 Å². The number of ketones is 1. The Kier molecular flexibility index (Phi) is 3.38. The fraction of sp³-hybridized carbons (Fsp3) is 0.700. The SMILES string of the molecule is C=C(C)C(=O)C1(OB(O)O)CC(C)C1C. The van der Waals surface area contributed by atoms with Crippen molar-refractivity contribution < 1.29 is 19.5 Å². The van der Waals surface area contributed by atoms with Gasteiger partial charge in [0.25, 0.3) is 0 Å². The average molecular weight is 212 g/mol. The molecule has 0 heterocycles. The van der Waals surface area contributed by atoms with E-state index in [1.165, 1.54) is 0 Å². The van der Waals surface area contributed by atoms with E-state index in [0.29, 0.717) is 17.9 Å². The molecule has 0 aromatic rings. The van der Waals surface area contributed by atoms with E-state index in [1.54, 1.807) is 6.92 Å². The van der Waals surface area contributed by atoms with E-state index in [4.69, 9.17) is 14.7 Å². The van der Waals surface area contributed by atoms with Crippen LogP contribution in [0.1, 0.15) is 27.2 Å². The Morgan fingerprint density at radius 2 is 2.07 bits per heavy atom. The lowest BCUT2D eigenvalue weighted by atomic mass is 9.59. The second-order valence-corrected chi connectivity index (χ2v) is 4.41. The molecule has 1 rings (SSSR count). The highest BCUT2D eigenvalue weighted by Crippen LogP contribution is 2.48. The molecule has 84 valence electrons. The molecule has 3 unspecified atom stereocenters. The molecule has 0 aromatic heterocycles. The maximum absolute atomic E-state index is 11.9. The van der Waals surface area contributed by atoms with Crippen molar-refractivity contribution in [3.63, 3.8) is 0 Å². The van der Waals surface area contributed by atoms with Gasteiger partial charge in [0, 0.05) is 0 Å². The minimum absolute atomic E-state index is 0.0245. The largest absolute Gasteiger partial charge is 0.634 e. The molecule has 5 heteroatoms. The van der Waals surface area contributed by atoms with Crippen molar-refractivity contribution >= 4 is 13.1 Å². The topological polar surface area (TPSA) is 66.8 Å². The smallest absolute Gasteiger partial charge is 0.402 e. The maximum Gasteiger partial charge on any atom is 0.634 e. The van der Waals surface area contributed by atoms with Gasteiger partial charge in [-0.1, -0.05) is 20.4 Å². The highest BCUT2D eigenvalue weighted by Gasteiger charge is 2.56. The van der Waals surface area contributed by atoms with Gasteiger partial charge in [-0.15, -0.1) is 0 Å². The van der Waals surface area contributed by atoms with Crippen LogP contribution in [0.2, 0.25) is 0 Å². The van der Waals surface area contributed by atoms with E-state index in [2.05, 4.69) is 6.58 Å². The number of hydrogen-bond donors (Lipinski definition) is 2. The van der Waals surface area contributed by atoms with Crippen molar-refractivity contribution in [3.8, 4) is 0 Å². The lowest BCUT2D eigenvalue weighted by Crippen LogP contribution is -2.61. The zero-order valence-electron chi connectivity index (χ0n) is 9.36. The normalized spacial score (nSPS) is 34.5. The van der Waals surface area contributed by atoms with Gasteiger partial charge in [0.1, 0.15) is 5.60 Å². The summed E-state index contributed by atoms with van der Waals surface area (Å²) in [6.07, 6.45) is 0.511. The average Bonchev–Trinajstić information content (AvgIpc) is 2.14. The number of carbonyl (C=O) groups excluding carboxylic acids is 1. The molecule has 0 saturated heterocycles. The van der Waals surface area contributed by atoms with Gasteiger partial charge in [-0.2, -0.15) is 0 Å². The Labute approximate surface area is 90.1 Å². The van der Waals surface area contributed by atoms with Crippen LogP contribution < -0.4 is 0 Å². The first-order valence-electron chi connectivity index (χ1n) is 5.05. The Hall–Kier alpha value is -0.645. The number of hydrogen-bond acceptors (Lipinski definition) is 4. The third-order valence-electron chi connectivity index (χ3n) is 3.30. The van der Waals surface area contributed by atoms with Crippen LogP contribution in [0, 0.1) is 11.8 Å². The number of Topliss-reactive ketones (excluding diaryl/α,β-unsaturated/α-hetero) is 1. The first-order chi connectivity index (χ1) is 6.81. The molecule has 0 spiro atoms. The Balaban J connectivity index is 2.89. The first-order valence-corrected chi connectivity index (χ1v) is 5.05. The van der Waals surface area contributed by atoms with Crippen LogP contribution >= 0.6 is 0 Å². The third kappa shape index (κ3) is 2.00. The summed E-state index contributed by atoms with van der Waals surface area (Å²) in [4.78, 5) is 11.9. The van der Waals surface area contributed by atoms with Crippen LogP contribution in [0.4, 0.5) is 0 Å². The maximum atomic E-state index is 11.9. The van der Waals surface area contributed by atoms with Gasteiger partial charge in [0.15, 0.2) is 5.78 Å². The predicted molar refractivity (Wildman–Crippen MR) is 56.8 cm³/mol. The Bertz CT molecular complexity index is 289. The third-order valence-corrected chi connectivity index (χ3v) is 3.30. The van der Waals surface area contributed by atoms with Gasteiger partial charge in [-0.3, -0.25) is 4.79 Å². The number of carbonyl (C=O) groups is 1. The van der Waals surface area contributed by atoms with Crippen molar-refractivity contribution in [2.24, 2.45) is 11.8 Å². The Morgan fingerprint density at radius 3 is 2.33 bits per heavy atom. The summed E-state index contributed by atoms with van der Waals surface area (Å²) in [6, 6.07) is 0. The van der Waals surface area contributed by atoms with Crippen molar-refractivity contribution in [2.75, 3.05) is 0 Å². The highest BCUT2D eigenvalue weighted by molar-refractivity contribution is 6.33. The predicted octanol–water partition coefficient (Wildman–Crippen LogP) is 0.532. The highest BCUT2D eigenvalue weighted by atomic mass is 16.6. The molecule has 1 aliphatic rings. The van der Waals surface area contributed by atoms with E-state index in [-0.39, 0.29) is 11.7 Å². The van der Waals surface area contributed by atoms with Gasteiger partial charge >= 0.3 is 7.32 Å². The number of rotatable bonds is 4. The quantitative estimate of drug-likeness (QED) is 0.527. The van der Waals surface area contributed by atoms with Crippen LogP contribution in [0.3, 0.4) is 0 Å². The second-order valence-electron chi connectivity index (χ2n) is 4.41. The molecule has 1 saturated carbocycles. The van der Waals surface area contributed by atoms with Crippen LogP contribution in [0.15, 0.2) is 12.2 Å². The van der Waals surface area contributed by atoms with Gasteiger partial charge in [-0.25, -0.2) is 0 Å². The molecule has 3 atom stereocenters. The van der Waals surface area contributed by atoms with E-state index in [0.717, 1.165) is 0 Å². The summed E-state index contributed by atoms with van der Waals surface area (Å²) in [6.45, 7) is 9.06. The minimum Gasteiger partial charge on any atom is -0.402 e. The van der Waals surface area contributed by atoms with Crippen LogP contribution in [-0.2, 0) is 9.45 Å². The van der Waals surface area contributed by atoms with E-state index in [9.17, 15) is 4.79 Å². The standard InChI is InChI=1S/C10H17BO4/c1-6(2)9(12)10(15-11(13)14)5-7(3)8(10)4/h7-8,13-14H,1,5H2,2-4H3. The lowest BCUT2D eigenvalue weighted by molar-refractivity contribution is -0.162. The minimum atomic E-state index is -1.91. The van der Waals surface area contributed by atoms with Crippen LogP contribution in [0.25, 0.3) is 0 Å². The fourth-order valence-corrected chi connectivity index (χ4v) is 2.20. The summed E-state index contributed by atoms with van der Waals surface area (Å²) in [5.74, 6) is 0.0803. The molecule has 4 nitrogen and oxygen atoms in total. The molecule has 0 bridgehead atoms. The molecule has 0 radical (unpaired) electrons.